The molecule has 0 spiro atoms. The summed E-state index contributed by atoms with van der Waals surface area (Å²) < 4.78 is 18.4. The molecule has 1 saturated carbocycles. The number of carboxylic acids is 1. The van der Waals surface area contributed by atoms with Crippen LogP contribution in [-0.2, 0) is 29.5 Å². The zero-order valence-electron chi connectivity index (χ0n) is 20.5. The number of pyridine rings is 1. The molecule has 1 saturated heterocycles. The van der Waals surface area contributed by atoms with Gasteiger partial charge in [0.2, 0.25) is 5.89 Å². The summed E-state index contributed by atoms with van der Waals surface area (Å²) >= 11 is 0. The molecule has 3 aromatic rings. The average Bonchev–Trinajstić information content (AvgIpc) is 3.44. The molecule has 5 rings (SSSR count). The van der Waals surface area contributed by atoms with Crippen LogP contribution >= 0.6 is 0 Å². The maximum Gasteiger partial charge on any atom is 0.332 e. The minimum atomic E-state index is -0.969. The Morgan fingerprint density at radius 1 is 1.28 bits per heavy atom. The summed E-state index contributed by atoms with van der Waals surface area (Å²) in [6.45, 7) is 2.61. The van der Waals surface area contributed by atoms with Crippen LogP contribution in [0.3, 0.4) is 0 Å². The largest absolute Gasteiger partial charge is 0.488 e. The van der Waals surface area contributed by atoms with Crippen molar-refractivity contribution >= 4 is 11.9 Å². The molecule has 2 fully saturated rings. The molecule has 0 radical (unpaired) electrons. The van der Waals surface area contributed by atoms with E-state index in [4.69, 9.17) is 14.0 Å². The standard InChI is InChI=1S/C24H31N7O5/c1-14-19(35-16-10-11-34-20(12-16)23(32)33)8-7-17(26-14)22-18(31(2)30-28-22)13-25-24-27-21(36-29-24)9-6-15-4-3-5-15/h7-8,15-16,20H,3-6,9-13H2,1-2H3,(H,25,29)(H,32,33)/t16-,20-/m0/s1. The number of nitrogens with zero attached hydrogens (tertiary/aromatic N) is 6. The van der Waals surface area contributed by atoms with Gasteiger partial charge < -0.3 is 24.4 Å². The number of ether oxygens (including phenoxy) is 2. The Morgan fingerprint density at radius 3 is 2.89 bits per heavy atom. The molecule has 2 atom stereocenters. The molecular formula is C24H31N7O5. The Labute approximate surface area is 208 Å². The number of hydrogen-bond acceptors (Lipinski definition) is 10. The summed E-state index contributed by atoms with van der Waals surface area (Å²) in [7, 11) is 1.82. The van der Waals surface area contributed by atoms with E-state index in [-0.39, 0.29) is 6.10 Å². The molecule has 0 amide bonds. The second-order valence-electron chi connectivity index (χ2n) is 9.45. The van der Waals surface area contributed by atoms with Crippen LogP contribution in [0.15, 0.2) is 16.7 Å². The molecule has 36 heavy (non-hydrogen) atoms. The second kappa shape index (κ2) is 10.6. The first-order valence-corrected chi connectivity index (χ1v) is 12.4. The van der Waals surface area contributed by atoms with E-state index in [1.165, 1.54) is 19.3 Å². The summed E-state index contributed by atoms with van der Waals surface area (Å²) in [6.07, 6.45) is 5.68. The SMILES string of the molecule is Cc1nc(-c2nnn(C)c2CNc2noc(CCC3CCC3)n2)ccc1O[C@H]1CCO[C@H](C(=O)O)C1. The van der Waals surface area contributed by atoms with Gasteiger partial charge in [0.05, 0.1) is 30.2 Å². The molecule has 12 nitrogen and oxygen atoms in total. The minimum Gasteiger partial charge on any atom is -0.488 e. The topological polar surface area (TPSA) is 150 Å². The number of hydrogen-bond donors (Lipinski definition) is 2. The molecule has 12 heteroatoms. The molecule has 3 aromatic heterocycles. The van der Waals surface area contributed by atoms with Gasteiger partial charge >= 0.3 is 5.97 Å². The zero-order chi connectivity index (χ0) is 25.1. The fraction of sp³-hybridized carbons (Fsp3) is 0.583. The molecule has 0 unspecified atom stereocenters. The van der Waals surface area contributed by atoms with E-state index in [0.717, 1.165) is 24.5 Å². The van der Waals surface area contributed by atoms with Crippen LogP contribution in [0.5, 0.6) is 5.75 Å². The number of carbonyl (C=O) groups is 1. The molecule has 192 valence electrons. The van der Waals surface area contributed by atoms with Gasteiger partial charge in [0, 0.05) is 26.3 Å². The highest BCUT2D eigenvalue weighted by molar-refractivity contribution is 5.72. The molecule has 4 heterocycles. The van der Waals surface area contributed by atoms with Crippen molar-refractivity contribution in [2.75, 3.05) is 11.9 Å². The normalized spacial score (nSPS) is 20.2. The lowest BCUT2D eigenvalue weighted by Gasteiger charge is -2.28. The molecule has 2 N–H and O–H groups in total. The summed E-state index contributed by atoms with van der Waals surface area (Å²) in [5.41, 5.74) is 2.81. The number of rotatable bonds is 10. The van der Waals surface area contributed by atoms with Gasteiger partial charge in [-0.3, -0.25) is 0 Å². The Kier molecular flexibility index (Phi) is 7.12. The van der Waals surface area contributed by atoms with Crippen molar-refractivity contribution in [3.63, 3.8) is 0 Å². The van der Waals surface area contributed by atoms with Crippen LogP contribution in [-0.4, -0.2) is 60.0 Å². The van der Waals surface area contributed by atoms with Gasteiger partial charge in [-0.1, -0.05) is 24.5 Å². The second-order valence-corrected chi connectivity index (χ2v) is 9.45. The van der Waals surface area contributed by atoms with Crippen molar-refractivity contribution in [2.24, 2.45) is 13.0 Å². The van der Waals surface area contributed by atoms with Crippen molar-refractivity contribution < 1.29 is 23.9 Å². The predicted octanol–water partition coefficient (Wildman–Crippen LogP) is 2.92. The van der Waals surface area contributed by atoms with Crippen LogP contribution in [0.4, 0.5) is 5.95 Å². The molecule has 2 aliphatic rings. The van der Waals surface area contributed by atoms with Gasteiger partial charge in [-0.15, -0.1) is 5.10 Å². The van der Waals surface area contributed by atoms with Gasteiger partial charge in [0.25, 0.3) is 5.95 Å². The fourth-order valence-electron chi connectivity index (χ4n) is 4.50. The van der Waals surface area contributed by atoms with Crippen molar-refractivity contribution in [3.8, 4) is 17.1 Å². The third kappa shape index (κ3) is 5.48. The third-order valence-electron chi connectivity index (χ3n) is 6.90. The Bertz CT molecular complexity index is 1210. The summed E-state index contributed by atoms with van der Waals surface area (Å²) in [6, 6.07) is 3.67. The Hall–Kier alpha value is -3.54. The lowest BCUT2D eigenvalue weighted by Crippen LogP contribution is -2.37. The highest BCUT2D eigenvalue weighted by Gasteiger charge is 2.29. The monoisotopic (exact) mass is 497 g/mol. The molecular weight excluding hydrogens is 466 g/mol. The van der Waals surface area contributed by atoms with Crippen molar-refractivity contribution in [1.29, 1.82) is 0 Å². The van der Waals surface area contributed by atoms with Crippen LogP contribution in [0.25, 0.3) is 11.4 Å². The van der Waals surface area contributed by atoms with Crippen molar-refractivity contribution in [3.05, 3.63) is 29.4 Å². The van der Waals surface area contributed by atoms with Crippen LogP contribution in [0.1, 0.15) is 55.8 Å². The van der Waals surface area contributed by atoms with Gasteiger partial charge in [0.15, 0.2) is 6.10 Å². The first-order chi connectivity index (χ1) is 17.5. The van der Waals surface area contributed by atoms with Crippen molar-refractivity contribution in [2.45, 2.75) is 70.6 Å². The molecule has 0 bridgehead atoms. The predicted molar refractivity (Wildman–Crippen MR) is 127 cm³/mol. The summed E-state index contributed by atoms with van der Waals surface area (Å²) in [4.78, 5) is 20.4. The van der Waals surface area contributed by atoms with Gasteiger partial charge in [0.1, 0.15) is 17.5 Å². The highest BCUT2D eigenvalue weighted by Crippen LogP contribution is 2.30. The van der Waals surface area contributed by atoms with E-state index in [1.54, 1.807) is 4.68 Å². The summed E-state index contributed by atoms with van der Waals surface area (Å²) in [5, 5.41) is 24.9. The van der Waals surface area contributed by atoms with E-state index >= 15 is 0 Å². The number of aryl methyl sites for hydroxylation is 3. The number of anilines is 1. The Morgan fingerprint density at radius 2 is 2.14 bits per heavy atom. The smallest absolute Gasteiger partial charge is 0.332 e. The number of aromatic nitrogens is 6. The third-order valence-corrected chi connectivity index (χ3v) is 6.90. The number of carboxylic acid groups (broad SMARTS) is 1. The van der Waals surface area contributed by atoms with Gasteiger partial charge in [-0.2, -0.15) is 4.98 Å². The first-order valence-electron chi connectivity index (χ1n) is 12.4. The lowest BCUT2D eigenvalue weighted by atomic mass is 9.82. The Balaban J connectivity index is 1.22. The first kappa shape index (κ1) is 24.2. The van der Waals surface area contributed by atoms with E-state index < -0.39 is 12.1 Å². The fourth-order valence-corrected chi connectivity index (χ4v) is 4.50. The lowest BCUT2D eigenvalue weighted by molar-refractivity contribution is -0.156. The van der Waals surface area contributed by atoms with E-state index in [1.807, 2.05) is 26.1 Å². The average molecular weight is 498 g/mol. The zero-order valence-corrected chi connectivity index (χ0v) is 20.5. The van der Waals surface area contributed by atoms with E-state index in [9.17, 15) is 9.90 Å². The van der Waals surface area contributed by atoms with Gasteiger partial charge in [-0.25, -0.2) is 14.5 Å². The minimum absolute atomic E-state index is 0.240. The van der Waals surface area contributed by atoms with Crippen LogP contribution < -0.4 is 10.1 Å². The number of aliphatic carboxylic acids is 1. The van der Waals surface area contributed by atoms with Crippen LogP contribution in [0, 0.1) is 12.8 Å². The van der Waals surface area contributed by atoms with E-state index in [2.05, 4.69) is 30.8 Å². The van der Waals surface area contributed by atoms with Gasteiger partial charge in [-0.05, 0) is 36.6 Å². The molecule has 1 aliphatic heterocycles. The summed E-state index contributed by atoms with van der Waals surface area (Å²) in [5.74, 6) is 1.53. The van der Waals surface area contributed by atoms with Crippen molar-refractivity contribution in [1.82, 2.24) is 30.1 Å². The molecule has 0 aromatic carbocycles. The maximum absolute atomic E-state index is 11.2. The number of nitrogens with one attached hydrogen (secondary N) is 1. The highest BCUT2D eigenvalue weighted by atomic mass is 16.5. The molecule has 1 aliphatic carbocycles. The van der Waals surface area contributed by atoms with Crippen LogP contribution in [0.2, 0.25) is 0 Å². The quantitative estimate of drug-likeness (QED) is 0.425. The van der Waals surface area contributed by atoms with E-state index in [0.29, 0.717) is 60.7 Å². The maximum atomic E-state index is 11.2.